The van der Waals surface area contributed by atoms with Crippen LogP contribution in [0.3, 0.4) is 0 Å². The molecule has 0 spiro atoms. The van der Waals surface area contributed by atoms with Crippen LogP contribution >= 0.6 is 7.82 Å². The molecule has 0 bridgehead atoms. The first-order valence-corrected chi connectivity index (χ1v) is 10.9. The van der Waals surface area contributed by atoms with Gasteiger partial charge >= 0.3 is 25.7 Å². The van der Waals surface area contributed by atoms with Crippen LogP contribution in [0.5, 0.6) is 0 Å². The van der Waals surface area contributed by atoms with E-state index in [0.29, 0.717) is 0 Å². The monoisotopic (exact) mass is 483 g/mol. The summed E-state index contributed by atoms with van der Waals surface area (Å²) in [6, 6.07) is -1.57. The van der Waals surface area contributed by atoms with E-state index in [2.05, 4.69) is 9.84 Å². The molecule has 0 aliphatic carbocycles. The average molecular weight is 483 g/mol. The van der Waals surface area contributed by atoms with Gasteiger partial charge in [-0.1, -0.05) is 0 Å². The maximum atomic E-state index is 12.3. The molecule has 1 saturated heterocycles. The van der Waals surface area contributed by atoms with Gasteiger partial charge in [0.1, 0.15) is 24.5 Å². The predicted octanol–water partition coefficient (Wildman–Crippen LogP) is -0.899. The number of esters is 3. The van der Waals surface area contributed by atoms with Crippen molar-refractivity contribution >= 4 is 37.4 Å². The van der Waals surface area contributed by atoms with Gasteiger partial charge in [-0.15, -0.1) is 0 Å². The summed E-state index contributed by atoms with van der Waals surface area (Å²) in [6.45, 7) is 3.82. The van der Waals surface area contributed by atoms with Gasteiger partial charge in [-0.25, -0.2) is 4.57 Å². The minimum atomic E-state index is -5.20. The number of hydrogen-bond donors (Lipinski definition) is 3. The second kappa shape index (κ2) is 12.0. The highest BCUT2D eigenvalue weighted by Crippen LogP contribution is 2.41. The third-order valence-corrected chi connectivity index (χ3v) is 4.46. The van der Waals surface area contributed by atoms with E-state index < -0.39 is 68.9 Å². The molecule has 1 unspecified atom stereocenters. The summed E-state index contributed by atoms with van der Waals surface area (Å²) in [5, 5.41) is 2.33. The van der Waals surface area contributed by atoms with E-state index in [1.54, 1.807) is 0 Å². The molecule has 32 heavy (non-hydrogen) atoms. The lowest BCUT2D eigenvalue weighted by atomic mass is 9.96. The maximum absolute atomic E-state index is 12.3. The number of carbonyl (C=O) groups excluding carboxylic acids is 5. The number of rotatable bonds is 10. The van der Waals surface area contributed by atoms with Gasteiger partial charge in [0.05, 0.1) is 0 Å². The first-order valence-electron chi connectivity index (χ1n) is 9.35. The molecular formula is C17H26NO13P. The van der Waals surface area contributed by atoms with Crippen molar-refractivity contribution in [1.82, 2.24) is 5.32 Å². The zero-order valence-corrected chi connectivity index (χ0v) is 18.7. The van der Waals surface area contributed by atoms with Crippen LogP contribution in [0.15, 0.2) is 0 Å². The van der Waals surface area contributed by atoms with Gasteiger partial charge in [-0.2, -0.15) is 0 Å². The van der Waals surface area contributed by atoms with Crippen LogP contribution in [0, 0.1) is 0 Å². The number of ether oxygens (including phenoxy) is 4. The van der Waals surface area contributed by atoms with E-state index in [1.165, 1.54) is 6.92 Å². The number of ketones is 1. The van der Waals surface area contributed by atoms with E-state index in [4.69, 9.17) is 18.9 Å². The molecule has 0 aromatic heterocycles. The summed E-state index contributed by atoms with van der Waals surface area (Å²) in [5.41, 5.74) is 0. The quantitative estimate of drug-likeness (QED) is 0.196. The Hall–Kier alpha value is -2.38. The number of hydrogen-bond acceptors (Lipinski definition) is 11. The van der Waals surface area contributed by atoms with Crippen molar-refractivity contribution in [3.63, 3.8) is 0 Å². The lowest BCUT2D eigenvalue weighted by molar-refractivity contribution is -0.260. The molecule has 0 radical (unpaired) electrons. The SMILES string of the molecule is CC(=O)CCC(=O)N[C@H]1C(OP(=O)(O)O)O[C@H](COC(C)=O)[C@@H](OC(C)=O)[C@@H]1OC(C)=O. The molecule has 5 atom stereocenters. The van der Waals surface area contributed by atoms with E-state index in [9.17, 15) is 38.3 Å². The van der Waals surface area contributed by atoms with Crippen molar-refractivity contribution in [2.24, 2.45) is 0 Å². The second-order valence-corrected chi connectivity index (χ2v) is 8.08. The molecule has 0 aromatic carbocycles. The van der Waals surface area contributed by atoms with Crippen LogP contribution in [0.2, 0.25) is 0 Å². The smallest absolute Gasteiger partial charge is 0.463 e. The molecule has 0 aromatic rings. The van der Waals surface area contributed by atoms with Crippen LogP contribution in [-0.2, 0) is 52.0 Å². The summed E-state index contributed by atoms with van der Waals surface area (Å²) in [7, 11) is -5.20. The minimum absolute atomic E-state index is 0.135. The fourth-order valence-electron chi connectivity index (χ4n) is 2.83. The molecule has 1 fully saturated rings. The third-order valence-electron chi connectivity index (χ3n) is 3.97. The van der Waals surface area contributed by atoms with E-state index in [0.717, 1.165) is 20.8 Å². The van der Waals surface area contributed by atoms with E-state index in [1.807, 2.05) is 0 Å². The van der Waals surface area contributed by atoms with Crippen molar-refractivity contribution in [2.45, 2.75) is 71.2 Å². The van der Waals surface area contributed by atoms with Crippen molar-refractivity contribution < 1.29 is 61.8 Å². The van der Waals surface area contributed by atoms with Crippen molar-refractivity contribution in [2.75, 3.05) is 6.61 Å². The van der Waals surface area contributed by atoms with Crippen molar-refractivity contribution in [3.05, 3.63) is 0 Å². The highest BCUT2D eigenvalue weighted by atomic mass is 31.2. The van der Waals surface area contributed by atoms with E-state index >= 15 is 0 Å². The molecule has 1 aliphatic heterocycles. The Morgan fingerprint density at radius 1 is 0.906 bits per heavy atom. The largest absolute Gasteiger partial charge is 0.472 e. The molecule has 1 heterocycles. The Bertz CT molecular complexity index is 778. The number of carbonyl (C=O) groups is 5. The Balaban J connectivity index is 3.36. The van der Waals surface area contributed by atoms with E-state index in [-0.39, 0.29) is 18.6 Å². The van der Waals surface area contributed by atoms with Gasteiger partial charge in [0.2, 0.25) is 5.91 Å². The lowest BCUT2D eigenvalue weighted by Crippen LogP contribution is -2.66. The number of phosphoric ester groups is 1. The van der Waals surface area contributed by atoms with Crippen LogP contribution in [-0.4, -0.2) is 76.6 Å². The fraction of sp³-hybridized carbons (Fsp3) is 0.706. The summed E-state index contributed by atoms with van der Waals surface area (Å²) < 4.78 is 36.7. The highest BCUT2D eigenvalue weighted by molar-refractivity contribution is 7.46. The Kier molecular flexibility index (Phi) is 10.4. The summed E-state index contributed by atoms with van der Waals surface area (Å²) in [4.78, 5) is 76.5. The topological polar surface area (TPSA) is 201 Å². The number of nitrogens with one attached hydrogen (secondary N) is 1. The first kappa shape index (κ1) is 27.7. The van der Waals surface area contributed by atoms with Gasteiger partial charge < -0.3 is 38.8 Å². The summed E-state index contributed by atoms with van der Waals surface area (Å²) in [6.07, 6.45) is -6.72. The second-order valence-electron chi connectivity index (χ2n) is 6.88. The zero-order valence-electron chi connectivity index (χ0n) is 17.8. The van der Waals surface area contributed by atoms with Gasteiger partial charge in [-0.05, 0) is 6.92 Å². The molecule has 1 rings (SSSR count). The van der Waals surface area contributed by atoms with Crippen LogP contribution in [0.1, 0.15) is 40.5 Å². The summed E-state index contributed by atoms with van der Waals surface area (Å²) in [5.74, 6) is -3.53. The molecule has 14 nitrogen and oxygen atoms in total. The lowest BCUT2D eigenvalue weighted by Gasteiger charge is -2.44. The summed E-state index contributed by atoms with van der Waals surface area (Å²) >= 11 is 0. The highest BCUT2D eigenvalue weighted by Gasteiger charge is 2.52. The molecule has 1 amide bonds. The molecule has 15 heteroatoms. The van der Waals surface area contributed by atoms with Gasteiger partial charge in [-0.3, -0.25) is 23.7 Å². The van der Waals surface area contributed by atoms with Crippen molar-refractivity contribution in [1.29, 1.82) is 0 Å². The minimum Gasteiger partial charge on any atom is -0.463 e. The third kappa shape index (κ3) is 9.83. The zero-order chi connectivity index (χ0) is 24.6. The Morgan fingerprint density at radius 2 is 1.47 bits per heavy atom. The number of Topliss-reactive ketones (excluding diaryl/α,β-unsaturated/α-hetero) is 1. The number of amides is 1. The molecular weight excluding hydrogens is 457 g/mol. The Labute approximate surface area is 183 Å². The standard InChI is InChI=1S/C17H26NO13P/c1-8(19)5-6-13(23)18-14-16(29-11(4)22)15(28-10(3)21)12(7-27-9(2)20)30-17(14)31-32(24,25)26/h12,14-17H,5-7H2,1-4H3,(H,18,23)(H2,24,25,26)/t12-,14-,15-,16-,17?/m1/s1. The average Bonchev–Trinajstić information content (AvgIpc) is 2.61. The number of phosphoric acid groups is 1. The molecule has 182 valence electrons. The first-order chi connectivity index (χ1) is 14.7. The predicted molar refractivity (Wildman–Crippen MR) is 101 cm³/mol. The van der Waals surface area contributed by atoms with Crippen molar-refractivity contribution in [3.8, 4) is 0 Å². The van der Waals surface area contributed by atoms with Gasteiger partial charge in [0, 0.05) is 33.6 Å². The normalized spacial score (nSPS) is 25.4. The van der Waals surface area contributed by atoms with Crippen LogP contribution in [0.25, 0.3) is 0 Å². The van der Waals surface area contributed by atoms with Gasteiger partial charge in [0.15, 0.2) is 18.5 Å². The molecule has 1 aliphatic rings. The van der Waals surface area contributed by atoms with Gasteiger partial charge in [0.25, 0.3) is 0 Å². The fourth-order valence-corrected chi connectivity index (χ4v) is 3.28. The van der Waals surface area contributed by atoms with Crippen LogP contribution < -0.4 is 5.32 Å². The molecule has 3 N–H and O–H groups in total. The van der Waals surface area contributed by atoms with Crippen LogP contribution in [0.4, 0.5) is 0 Å². The maximum Gasteiger partial charge on any atom is 0.472 e. The molecule has 0 saturated carbocycles. The Morgan fingerprint density at radius 3 is 1.94 bits per heavy atom.